The second kappa shape index (κ2) is 7.11. The van der Waals surface area contributed by atoms with Crippen molar-refractivity contribution in [3.63, 3.8) is 0 Å². The summed E-state index contributed by atoms with van der Waals surface area (Å²) in [5, 5.41) is 4.82. The minimum absolute atomic E-state index is 0.813. The van der Waals surface area contributed by atoms with E-state index < -0.39 is 0 Å². The van der Waals surface area contributed by atoms with Gasteiger partial charge in [-0.05, 0) is 43.5 Å². The van der Waals surface area contributed by atoms with E-state index in [0.29, 0.717) is 0 Å². The average Bonchev–Trinajstić information content (AvgIpc) is 2.78. The van der Waals surface area contributed by atoms with Gasteiger partial charge in [0.2, 0.25) is 0 Å². The van der Waals surface area contributed by atoms with E-state index >= 15 is 0 Å². The average molecular weight is 323 g/mol. The number of halogens is 1. The number of nitrogens with zero attached hydrogens (tertiary/aromatic N) is 1. The summed E-state index contributed by atoms with van der Waals surface area (Å²) in [5.74, 6) is 0.813. The lowest BCUT2D eigenvalue weighted by Crippen LogP contribution is -2.21. The monoisotopic (exact) mass is 322 g/mol. The summed E-state index contributed by atoms with van der Waals surface area (Å²) in [6.45, 7) is 7.75. The molecule has 0 bridgehead atoms. The number of benzene rings is 1. The zero-order valence-electron chi connectivity index (χ0n) is 11.8. The van der Waals surface area contributed by atoms with Crippen LogP contribution in [0.5, 0.6) is 0 Å². The Morgan fingerprint density at radius 1 is 1.21 bits per heavy atom. The quantitative estimate of drug-likeness (QED) is 0.746. The highest BCUT2D eigenvalue weighted by molar-refractivity contribution is 9.10. The molecule has 1 N–H and O–H groups in total. The van der Waals surface area contributed by atoms with Gasteiger partial charge >= 0.3 is 0 Å². The van der Waals surface area contributed by atoms with Crippen LogP contribution in [0.15, 0.2) is 34.9 Å². The number of aromatic nitrogens is 1. The molecule has 0 aliphatic rings. The number of hydrogen-bond donors (Lipinski definition) is 1. The standard InChI is InChI=1S/C16H23BrN2/c1-13(2)5-4-9-18-10-12-19-11-8-14-15(17)6-3-7-16(14)19/h3,6-8,11,13,18H,4-5,9-10,12H2,1-2H3. The Hall–Kier alpha value is -0.800. The van der Waals surface area contributed by atoms with E-state index in [1.165, 1.54) is 28.2 Å². The van der Waals surface area contributed by atoms with Gasteiger partial charge < -0.3 is 9.88 Å². The number of nitrogens with one attached hydrogen (secondary N) is 1. The van der Waals surface area contributed by atoms with Crippen molar-refractivity contribution in [2.75, 3.05) is 13.1 Å². The highest BCUT2D eigenvalue weighted by atomic mass is 79.9. The minimum atomic E-state index is 0.813. The third-order valence-electron chi connectivity index (χ3n) is 3.42. The minimum Gasteiger partial charge on any atom is -0.346 e. The first-order valence-corrected chi connectivity index (χ1v) is 7.92. The molecule has 3 heteroatoms. The molecule has 0 atom stereocenters. The van der Waals surface area contributed by atoms with Gasteiger partial charge in [0, 0.05) is 34.7 Å². The van der Waals surface area contributed by atoms with E-state index in [4.69, 9.17) is 0 Å². The molecule has 0 spiro atoms. The summed E-state index contributed by atoms with van der Waals surface area (Å²) < 4.78 is 3.49. The summed E-state index contributed by atoms with van der Waals surface area (Å²) >= 11 is 3.60. The Morgan fingerprint density at radius 3 is 2.84 bits per heavy atom. The van der Waals surface area contributed by atoms with Crippen LogP contribution in [-0.4, -0.2) is 17.7 Å². The fourth-order valence-corrected chi connectivity index (χ4v) is 2.83. The Kier molecular flexibility index (Phi) is 5.46. The fourth-order valence-electron chi connectivity index (χ4n) is 2.34. The normalized spacial score (nSPS) is 11.6. The van der Waals surface area contributed by atoms with Gasteiger partial charge in [-0.3, -0.25) is 0 Å². The van der Waals surface area contributed by atoms with Crippen molar-refractivity contribution in [1.29, 1.82) is 0 Å². The van der Waals surface area contributed by atoms with E-state index in [1.54, 1.807) is 0 Å². The lowest BCUT2D eigenvalue weighted by molar-refractivity contribution is 0.517. The third-order valence-corrected chi connectivity index (χ3v) is 4.12. The first-order valence-electron chi connectivity index (χ1n) is 7.12. The molecule has 2 aromatic rings. The maximum absolute atomic E-state index is 3.60. The molecule has 0 unspecified atom stereocenters. The molecule has 0 saturated carbocycles. The number of hydrogen-bond acceptors (Lipinski definition) is 1. The topological polar surface area (TPSA) is 17.0 Å². The molecule has 1 aromatic carbocycles. The summed E-state index contributed by atoms with van der Waals surface area (Å²) in [5.41, 5.74) is 1.30. The Morgan fingerprint density at radius 2 is 2.05 bits per heavy atom. The molecular formula is C16H23BrN2. The molecule has 0 radical (unpaired) electrons. The zero-order valence-corrected chi connectivity index (χ0v) is 13.4. The van der Waals surface area contributed by atoms with Crippen molar-refractivity contribution in [2.24, 2.45) is 5.92 Å². The molecular weight excluding hydrogens is 300 g/mol. The van der Waals surface area contributed by atoms with Gasteiger partial charge in [0.05, 0.1) is 0 Å². The maximum Gasteiger partial charge on any atom is 0.0492 e. The molecule has 2 nitrogen and oxygen atoms in total. The Bertz CT molecular complexity index is 516. The van der Waals surface area contributed by atoms with Gasteiger partial charge in [-0.1, -0.05) is 35.8 Å². The molecule has 0 saturated heterocycles. The molecule has 19 heavy (non-hydrogen) atoms. The summed E-state index contributed by atoms with van der Waals surface area (Å²) in [7, 11) is 0. The molecule has 0 aliphatic carbocycles. The van der Waals surface area contributed by atoms with Crippen LogP contribution in [0, 0.1) is 5.92 Å². The number of fused-ring (bicyclic) bond motifs is 1. The van der Waals surface area contributed by atoms with Gasteiger partial charge in [0.15, 0.2) is 0 Å². The van der Waals surface area contributed by atoms with Crippen molar-refractivity contribution in [3.05, 3.63) is 34.9 Å². The second-order valence-corrected chi connectivity index (χ2v) is 6.32. The highest BCUT2D eigenvalue weighted by Gasteiger charge is 2.03. The van der Waals surface area contributed by atoms with Crippen LogP contribution < -0.4 is 5.32 Å². The Labute approximate surface area is 124 Å². The van der Waals surface area contributed by atoms with Crippen LogP contribution in [-0.2, 0) is 6.54 Å². The molecule has 0 aliphatic heterocycles. The van der Waals surface area contributed by atoms with Crippen LogP contribution in [0.2, 0.25) is 0 Å². The predicted molar refractivity (Wildman–Crippen MR) is 86.6 cm³/mol. The fraction of sp³-hybridized carbons (Fsp3) is 0.500. The van der Waals surface area contributed by atoms with E-state index in [2.05, 4.69) is 70.1 Å². The molecule has 2 rings (SSSR count). The van der Waals surface area contributed by atoms with Crippen molar-refractivity contribution in [1.82, 2.24) is 9.88 Å². The molecule has 104 valence electrons. The predicted octanol–water partition coefficient (Wildman–Crippen LogP) is 4.43. The van der Waals surface area contributed by atoms with Crippen LogP contribution >= 0.6 is 15.9 Å². The van der Waals surface area contributed by atoms with E-state index in [1.807, 2.05) is 0 Å². The van der Waals surface area contributed by atoms with Gasteiger partial charge in [-0.2, -0.15) is 0 Å². The first-order chi connectivity index (χ1) is 9.18. The van der Waals surface area contributed by atoms with Gasteiger partial charge in [-0.25, -0.2) is 0 Å². The van der Waals surface area contributed by atoms with Crippen molar-refractivity contribution >= 4 is 26.8 Å². The summed E-state index contributed by atoms with van der Waals surface area (Å²) in [6, 6.07) is 8.55. The molecule has 1 aromatic heterocycles. The van der Waals surface area contributed by atoms with E-state index in [9.17, 15) is 0 Å². The van der Waals surface area contributed by atoms with Crippen LogP contribution in [0.4, 0.5) is 0 Å². The van der Waals surface area contributed by atoms with E-state index in [0.717, 1.165) is 25.6 Å². The van der Waals surface area contributed by atoms with Crippen molar-refractivity contribution < 1.29 is 0 Å². The summed E-state index contributed by atoms with van der Waals surface area (Å²) in [4.78, 5) is 0. The lowest BCUT2D eigenvalue weighted by Gasteiger charge is -2.08. The molecule has 0 fully saturated rings. The molecule has 0 amide bonds. The lowest BCUT2D eigenvalue weighted by atomic mass is 10.1. The van der Waals surface area contributed by atoms with Gasteiger partial charge in [-0.15, -0.1) is 0 Å². The third kappa shape index (κ3) is 4.08. The first kappa shape index (κ1) is 14.6. The maximum atomic E-state index is 3.60. The summed E-state index contributed by atoms with van der Waals surface area (Å²) in [6.07, 6.45) is 4.76. The SMILES string of the molecule is CC(C)CCCNCCn1ccc2c(Br)cccc21. The van der Waals surface area contributed by atoms with Crippen molar-refractivity contribution in [3.8, 4) is 0 Å². The van der Waals surface area contributed by atoms with Gasteiger partial charge in [0.1, 0.15) is 0 Å². The van der Waals surface area contributed by atoms with Crippen molar-refractivity contribution in [2.45, 2.75) is 33.2 Å². The van der Waals surface area contributed by atoms with Crippen LogP contribution in [0.1, 0.15) is 26.7 Å². The zero-order chi connectivity index (χ0) is 13.7. The largest absolute Gasteiger partial charge is 0.346 e. The van der Waals surface area contributed by atoms with Crippen LogP contribution in [0.25, 0.3) is 10.9 Å². The highest BCUT2D eigenvalue weighted by Crippen LogP contribution is 2.24. The van der Waals surface area contributed by atoms with E-state index in [-0.39, 0.29) is 0 Å². The van der Waals surface area contributed by atoms with Gasteiger partial charge in [0.25, 0.3) is 0 Å². The smallest absolute Gasteiger partial charge is 0.0492 e. The molecule has 1 heterocycles. The number of rotatable bonds is 7. The Balaban J connectivity index is 1.81. The second-order valence-electron chi connectivity index (χ2n) is 5.47. The van der Waals surface area contributed by atoms with Crippen LogP contribution in [0.3, 0.4) is 0 Å².